The molecule has 0 aromatic heterocycles. The molecular weight excluding hydrogens is 459 g/mol. The van der Waals surface area contributed by atoms with Crippen LogP contribution in [0.1, 0.15) is 106 Å². The first kappa shape index (κ1) is 24.9. The molecule has 0 radical (unpaired) electrons. The zero-order valence-corrected chi connectivity index (χ0v) is 21.0. The molecule has 33 heavy (non-hydrogen) atoms. The average molecular weight is 495 g/mol. The smallest absolute Gasteiger partial charge is 0.303 e. The second-order valence-corrected chi connectivity index (χ2v) is 11.2. The number of hydrogen-bond donors (Lipinski definition) is 1. The fraction of sp³-hybridized carbons (Fsp3) is 0.704. The van der Waals surface area contributed by atoms with E-state index in [1.165, 1.54) is 25.7 Å². The zero-order chi connectivity index (χ0) is 23.4. The Kier molecular flexibility index (Phi) is 8.28. The lowest BCUT2D eigenvalue weighted by Gasteiger charge is -2.34. The van der Waals surface area contributed by atoms with Crippen LogP contribution in [0.5, 0.6) is 5.75 Å². The van der Waals surface area contributed by atoms with Crippen LogP contribution in [-0.2, 0) is 11.2 Å². The van der Waals surface area contributed by atoms with Gasteiger partial charge in [0.1, 0.15) is 10.8 Å². The van der Waals surface area contributed by atoms with Crippen LogP contribution in [-0.4, -0.2) is 23.5 Å². The highest BCUT2D eigenvalue weighted by Gasteiger charge is 2.52. The van der Waals surface area contributed by atoms with Gasteiger partial charge in [-0.3, -0.25) is 9.59 Å². The Morgan fingerprint density at radius 3 is 2.42 bits per heavy atom. The maximum atomic E-state index is 13.8. The largest absolute Gasteiger partial charge is 0.492 e. The number of ether oxygens (including phenoxy) is 1. The van der Waals surface area contributed by atoms with Crippen LogP contribution >= 0.6 is 23.2 Å². The molecule has 4 nitrogen and oxygen atoms in total. The van der Waals surface area contributed by atoms with E-state index in [0.717, 1.165) is 75.7 Å². The second-order valence-electron chi connectivity index (χ2n) is 10.4. The van der Waals surface area contributed by atoms with Gasteiger partial charge < -0.3 is 9.84 Å². The summed E-state index contributed by atoms with van der Waals surface area (Å²) >= 11 is 13.3. The number of Topliss-reactive ketones (excluding diaryl/α,β-unsaturated/α-hetero) is 1. The van der Waals surface area contributed by atoms with Gasteiger partial charge in [0.25, 0.3) is 0 Å². The van der Waals surface area contributed by atoms with Crippen molar-refractivity contribution in [3.05, 3.63) is 27.2 Å². The van der Waals surface area contributed by atoms with E-state index in [9.17, 15) is 9.59 Å². The van der Waals surface area contributed by atoms with Crippen molar-refractivity contribution in [2.75, 3.05) is 6.61 Å². The predicted molar refractivity (Wildman–Crippen MR) is 132 cm³/mol. The summed E-state index contributed by atoms with van der Waals surface area (Å²) in [5, 5.41) is 9.42. The fourth-order valence-electron chi connectivity index (χ4n) is 5.98. The van der Waals surface area contributed by atoms with Crippen LogP contribution in [0.4, 0.5) is 0 Å². The molecule has 3 aliphatic rings. The van der Waals surface area contributed by atoms with E-state index < -0.39 is 5.97 Å². The van der Waals surface area contributed by atoms with Gasteiger partial charge in [0, 0.05) is 17.4 Å². The number of benzene rings is 1. The highest BCUT2D eigenvalue weighted by Crippen LogP contribution is 2.56. The van der Waals surface area contributed by atoms with Crippen molar-refractivity contribution in [2.24, 2.45) is 17.3 Å². The number of rotatable bonds is 13. The SMILES string of the molecule is O=C(O)CCCCCCCOc1cc2c(c(Cl)c1Cl)C(=O)C(CCC1CC1)(C1CCCC1)C2. The molecule has 1 atom stereocenters. The van der Waals surface area contributed by atoms with Crippen molar-refractivity contribution < 1.29 is 19.4 Å². The third kappa shape index (κ3) is 5.70. The van der Waals surface area contributed by atoms with Gasteiger partial charge in [-0.15, -0.1) is 0 Å². The van der Waals surface area contributed by atoms with Gasteiger partial charge in [0.15, 0.2) is 5.78 Å². The molecule has 1 N–H and O–H groups in total. The van der Waals surface area contributed by atoms with E-state index >= 15 is 0 Å². The molecule has 1 unspecified atom stereocenters. The molecule has 0 saturated heterocycles. The maximum Gasteiger partial charge on any atom is 0.303 e. The van der Waals surface area contributed by atoms with Crippen LogP contribution in [0.15, 0.2) is 6.07 Å². The molecule has 2 saturated carbocycles. The summed E-state index contributed by atoms with van der Waals surface area (Å²) in [7, 11) is 0. The molecule has 2 fully saturated rings. The zero-order valence-electron chi connectivity index (χ0n) is 19.5. The van der Waals surface area contributed by atoms with E-state index in [2.05, 4.69) is 0 Å². The summed E-state index contributed by atoms with van der Waals surface area (Å²) in [6.45, 7) is 0.539. The molecule has 1 aromatic carbocycles. The first-order chi connectivity index (χ1) is 15.9. The minimum Gasteiger partial charge on any atom is -0.492 e. The molecule has 4 rings (SSSR count). The molecule has 0 bridgehead atoms. The molecule has 0 heterocycles. The summed E-state index contributed by atoms with van der Waals surface area (Å²) in [5.41, 5.74) is 1.36. The standard InChI is InChI=1S/C27H36Cl2O4/c28-24-21(33-15-7-3-1-2-4-10-22(30)31)16-19-17-27(14-13-18-11-12-18,20-8-5-6-9-20)26(32)23(19)25(24)29/h16,18,20H,1-15,17H2,(H,30,31). The topological polar surface area (TPSA) is 63.6 Å². The Morgan fingerprint density at radius 1 is 1.03 bits per heavy atom. The number of fused-ring (bicyclic) bond motifs is 1. The summed E-state index contributed by atoms with van der Waals surface area (Å²) in [4.78, 5) is 24.4. The third-order valence-corrected chi connectivity index (χ3v) is 8.91. The molecule has 1 aromatic rings. The van der Waals surface area contributed by atoms with Crippen LogP contribution in [0.25, 0.3) is 0 Å². The summed E-state index contributed by atoms with van der Waals surface area (Å²) < 4.78 is 6.00. The lowest BCUT2D eigenvalue weighted by molar-refractivity contribution is -0.137. The Bertz CT molecular complexity index is 873. The van der Waals surface area contributed by atoms with Crippen molar-refractivity contribution in [3.8, 4) is 5.75 Å². The Morgan fingerprint density at radius 2 is 1.73 bits per heavy atom. The van der Waals surface area contributed by atoms with Gasteiger partial charge in [-0.1, -0.05) is 68.1 Å². The van der Waals surface area contributed by atoms with Crippen molar-refractivity contribution in [3.63, 3.8) is 0 Å². The summed E-state index contributed by atoms with van der Waals surface area (Å²) in [6, 6.07) is 1.97. The van der Waals surface area contributed by atoms with Crippen molar-refractivity contribution in [1.82, 2.24) is 0 Å². The first-order valence-electron chi connectivity index (χ1n) is 12.8. The van der Waals surface area contributed by atoms with Gasteiger partial charge in [0.2, 0.25) is 0 Å². The normalized spacial score (nSPS) is 22.7. The van der Waals surface area contributed by atoms with E-state index in [1.807, 2.05) is 6.07 Å². The Balaban J connectivity index is 1.40. The van der Waals surface area contributed by atoms with Crippen molar-refractivity contribution in [2.45, 2.75) is 96.3 Å². The van der Waals surface area contributed by atoms with Crippen LogP contribution in [0, 0.1) is 17.3 Å². The summed E-state index contributed by atoms with van der Waals surface area (Å²) in [5.74, 6) is 1.34. The fourth-order valence-corrected chi connectivity index (χ4v) is 6.49. The average Bonchev–Trinajstić information content (AvgIpc) is 3.35. The number of carbonyl (C=O) groups excluding carboxylic acids is 1. The first-order valence-corrected chi connectivity index (χ1v) is 13.6. The number of aliphatic carboxylic acids is 1. The maximum absolute atomic E-state index is 13.8. The molecule has 0 amide bonds. The molecule has 0 aliphatic heterocycles. The van der Waals surface area contributed by atoms with Crippen molar-refractivity contribution in [1.29, 1.82) is 0 Å². The van der Waals surface area contributed by atoms with Gasteiger partial charge >= 0.3 is 5.97 Å². The monoisotopic (exact) mass is 494 g/mol. The molecule has 182 valence electrons. The van der Waals surface area contributed by atoms with Crippen LogP contribution in [0.3, 0.4) is 0 Å². The lowest BCUT2D eigenvalue weighted by Crippen LogP contribution is -2.35. The molecule has 0 spiro atoms. The van der Waals surface area contributed by atoms with Gasteiger partial charge in [-0.2, -0.15) is 0 Å². The van der Waals surface area contributed by atoms with Gasteiger partial charge in [-0.25, -0.2) is 0 Å². The van der Waals surface area contributed by atoms with E-state index in [1.54, 1.807) is 0 Å². The highest BCUT2D eigenvalue weighted by atomic mass is 35.5. The number of ketones is 1. The number of halogens is 2. The van der Waals surface area contributed by atoms with E-state index in [4.69, 9.17) is 33.0 Å². The van der Waals surface area contributed by atoms with Crippen molar-refractivity contribution >= 4 is 35.0 Å². The quantitative estimate of drug-likeness (QED) is 0.283. The molecule has 6 heteroatoms. The number of carbonyl (C=O) groups is 2. The lowest BCUT2D eigenvalue weighted by atomic mass is 9.68. The Labute approximate surface area is 207 Å². The molecular formula is C27H36Cl2O4. The third-order valence-electron chi connectivity index (χ3n) is 8.06. The minimum absolute atomic E-state index is 0.227. The number of hydrogen-bond acceptors (Lipinski definition) is 3. The van der Waals surface area contributed by atoms with E-state index in [0.29, 0.717) is 33.9 Å². The van der Waals surface area contributed by atoms with Gasteiger partial charge in [-0.05, 0) is 68.4 Å². The summed E-state index contributed by atoms with van der Waals surface area (Å²) in [6.07, 6.45) is 15.0. The number of unbranched alkanes of at least 4 members (excludes halogenated alkanes) is 4. The van der Waals surface area contributed by atoms with Gasteiger partial charge in [0.05, 0.1) is 11.6 Å². The Hall–Kier alpha value is -1.26. The van der Waals surface area contributed by atoms with E-state index in [-0.39, 0.29) is 17.6 Å². The highest BCUT2D eigenvalue weighted by molar-refractivity contribution is 6.45. The minimum atomic E-state index is -0.732. The molecule has 3 aliphatic carbocycles. The number of carboxylic acids is 1. The predicted octanol–water partition coefficient (Wildman–Crippen LogP) is 7.90. The number of carboxylic acid groups (broad SMARTS) is 1. The second kappa shape index (κ2) is 11.0. The van der Waals surface area contributed by atoms with Crippen LogP contribution in [0.2, 0.25) is 10.0 Å². The van der Waals surface area contributed by atoms with Crippen LogP contribution < -0.4 is 4.74 Å².